The summed E-state index contributed by atoms with van der Waals surface area (Å²) in [5, 5.41) is 5.46. The van der Waals surface area contributed by atoms with Crippen molar-refractivity contribution in [3.8, 4) is 0 Å². The highest BCUT2D eigenvalue weighted by Crippen LogP contribution is 2.21. The van der Waals surface area contributed by atoms with Gasteiger partial charge in [0.15, 0.2) is 0 Å². The van der Waals surface area contributed by atoms with E-state index in [0.717, 1.165) is 5.01 Å². The molecule has 3 N–H and O–H groups in total. The number of thiazole rings is 1. The van der Waals surface area contributed by atoms with Crippen molar-refractivity contribution in [2.24, 2.45) is 5.73 Å². The maximum Gasteiger partial charge on any atom is 0.270 e. The molecule has 2 rings (SSSR count). The van der Waals surface area contributed by atoms with Gasteiger partial charge in [0.25, 0.3) is 5.91 Å². The number of carbonyl (C=O) groups excluding carboxylic acids is 1. The van der Waals surface area contributed by atoms with E-state index in [-0.39, 0.29) is 11.3 Å². The predicted octanol–water partition coefficient (Wildman–Crippen LogP) is 2.31. The Hall–Kier alpha value is -1.72. The van der Waals surface area contributed by atoms with Gasteiger partial charge in [-0.1, -0.05) is 44.2 Å². The van der Waals surface area contributed by atoms with E-state index in [2.05, 4.69) is 36.3 Å². The van der Waals surface area contributed by atoms with E-state index >= 15 is 0 Å². The summed E-state index contributed by atoms with van der Waals surface area (Å²) in [4.78, 5) is 16.2. The molecule has 0 bridgehead atoms. The van der Waals surface area contributed by atoms with Crippen LogP contribution in [0.15, 0.2) is 35.7 Å². The molecule has 5 heteroatoms. The van der Waals surface area contributed by atoms with Crippen LogP contribution in [0.1, 0.15) is 34.9 Å². The predicted molar refractivity (Wildman–Crippen MR) is 81.8 cm³/mol. The third kappa shape index (κ3) is 3.43. The summed E-state index contributed by atoms with van der Waals surface area (Å²) in [7, 11) is 0. The van der Waals surface area contributed by atoms with E-state index in [4.69, 9.17) is 5.73 Å². The Morgan fingerprint density at radius 3 is 2.65 bits per heavy atom. The second-order valence-corrected chi connectivity index (χ2v) is 6.21. The van der Waals surface area contributed by atoms with Gasteiger partial charge in [0.1, 0.15) is 10.7 Å². The lowest BCUT2D eigenvalue weighted by Crippen LogP contribution is -2.36. The summed E-state index contributed by atoms with van der Waals surface area (Å²) in [5.41, 5.74) is 7.02. The average Bonchev–Trinajstić information content (AvgIpc) is 2.95. The number of rotatable bonds is 5. The highest BCUT2D eigenvalue weighted by Gasteiger charge is 2.22. The molecule has 1 amide bonds. The van der Waals surface area contributed by atoms with Crippen LogP contribution in [0.4, 0.5) is 0 Å². The van der Waals surface area contributed by atoms with Crippen molar-refractivity contribution in [3.05, 3.63) is 52.0 Å². The first-order valence-corrected chi connectivity index (χ1v) is 7.39. The van der Waals surface area contributed by atoms with E-state index in [9.17, 15) is 4.79 Å². The number of aromatic nitrogens is 1. The Bertz CT molecular complexity index is 578. The molecule has 0 spiro atoms. The van der Waals surface area contributed by atoms with Crippen molar-refractivity contribution in [2.75, 3.05) is 6.54 Å². The minimum atomic E-state index is -0.148. The van der Waals surface area contributed by atoms with E-state index < -0.39 is 0 Å². The smallest absolute Gasteiger partial charge is 0.270 e. The topological polar surface area (TPSA) is 68.0 Å². The molecular formula is C15H19N3OS. The zero-order valence-corrected chi connectivity index (χ0v) is 12.5. The SMILES string of the molecule is CC(C)(CNC(=O)c1csc(CN)n1)c1ccccc1. The standard InChI is InChI=1S/C15H19N3OS/c1-15(2,11-6-4-3-5-7-11)10-17-14(19)12-9-20-13(8-16)18-12/h3-7,9H,8,10,16H2,1-2H3,(H,17,19). The van der Waals surface area contributed by atoms with Crippen LogP contribution in [-0.2, 0) is 12.0 Å². The van der Waals surface area contributed by atoms with Gasteiger partial charge in [0, 0.05) is 23.9 Å². The van der Waals surface area contributed by atoms with Crippen molar-refractivity contribution >= 4 is 17.2 Å². The zero-order valence-electron chi connectivity index (χ0n) is 11.7. The summed E-state index contributed by atoms with van der Waals surface area (Å²) >= 11 is 1.41. The minimum Gasteiger partial charge on any atom is -0.350 e. The minimum absolute atomic E-state index is 0.121. The van der Waals surface area contributed by atoms with Crippen LogP contribution < -0.4 is 11.1 Å². The van der Waals surface area contributed by atoms with Crippen LogP contribution in [0.2, 0.25) is 0 Å². The van der Waals surface area contributed by atoms with Crippen molar-refractivity contribution in [3.63, 3.8) is 0 Å². The molecule has 0 aliphatic heterocycles. The molecule has 1 heterocycles. The third-order valence-corrected chi connectivity index (χ3v) is 4.08. The van der Waals surface area contributed by atoms with E-state index in [1.807, 2.05) is 18.2 Å². The summed E-state index contributed by atoms with van der Waals surface area (Å²) in [6.07, 6.45) is 0. The molecule has 0 atom stereocenters. The average molecular weight is 289 g/mol. The first-order chi connectivity index (χ1) is 9.53. The Labute approximate surface area is 123 Å². The van der Waals surface area contributed by atoms with E-state index in [1.54, 1.807) is 5.38 Å². The van der Waals surface area contributed by atoms with Gasteiger partial charge in [-0.3, -0.25) is 4.79 Å². The molecule has 2 aromatic rings. The third-order valence-electron chi connectivity index (χ3n) is 3.21. The normalized spacial score (nSPS) is 11.3. The number of nitrogens with zero attached hydrogens (tertiary/aromatic N) is 1. The van der Waals surface area contributed by atoms with Crippen LogP contribution >= 0.6 is 11.3 Å². The van der Waals surface area contributed by atoms with Crippen molar-refractivity contribution < 1.29 is 4.79 Å². The molecule has 0 unspecified atom stereocenters. The summed E-state index contributed by atoms with van der Waals surface area (Å²) in [6.45, 7) is 5.14. The van der Waals surface area contributed by atoms with E-state index in [1.165, 1.54) is 16.9 Å². The molecule has 106 valence electrons. The first-order valence-electron chi connectivity index (χ1n) is 6.51. The van der Waals surface area contributed by atoms with Gasteiger partial charge in [-0.25, -0.2) is 4.98 Å². The number of nitrogens with two attached hydrogens (primary N) is 1. The summed E-state index contributed by atoms with van der Waals surface area (Å²) in [5.74, 6) is -0.148. The van der Waals surface area contributed by atoms with Gasteiger partial charge < -0.3 is 11.1 Å². The number of hydrogen-bond acceptors (Lipinski definition) is 4. The maximum absolute atomic E-state index is 12.0. The Kier molecular flexibility index (Phi) is 4.52. The van der Waals surface area contributed by atoms with Crippen LogP contribution in [-0.4, -0.2) is 17.4 Å². The fourth-order valence-corrected chi connectivity index (χ4v) is 2.55. The second kappa shape index (κ2) is 6.15. The molecule has 0 aliphatic carbocycles. The van der Waals surface area contributed by atoms with Gasteiger partial charge >= 0.3 is 0 Å². The van der Waals surface area contributed by atoms with Gasteiger partial charge in [0.2, 0.25) is 0 Å². The van der Waals surface area contributed by atoms with Crippen molar-refractivity contribution in [2.45, 2.75) is 25.8 Å². The van der Waals surface area contributed by atoms with Gasteiger partial charge in [-0.15, -0.1) is 11.3 Å². The monoisotopic (exact) mass is 289 g/mol. The quantitative estimate of drug-likeness (QED) is 0.887. The van der Waals surface area contributed by atoms with Gasteiger partial charge in [-0.05, 0) is 5.56 Å². The van der Waals surface area contributed by atoms with Crippen LogP contribution in [0.3, 0.4) is 0 Å². The largest absolute Gasteiger partial charge is 0.350 e. The Morgan fingerprint density at radius 2 is 2.05 bits per heavy atom. The lowest BCUT2D eigenvalue weighted by Gasteiger charge is -2.25. The highest BCUT2D eigenvalue weighted by molar-refractivity contribution is 7.09. The molecule has 0 radical (unpaired) electrons. The lowest BCUT2D eigenvalue weighted by atomic mass is 9.84. The van der Waals surface area contributed by atoms with E-state index in [0.29, 0.717) is 18.8 Å². The van der Waals surface area contributed by atoms with Crippen LogP contribution in [0.5, 0.6) is 0 Å². The molecular weight excluding hydrogens is 270 g/mol. The summed E-state index contributed by atoms with van der Waals surface area (Å²) < 4.78 is 0. The number of hydrogen-bond donors (Lipinski definition) is 2. The molecule has 0 aliphatic rings. The van der Waals surface area contributed by atoms with Crippen LogP contribution in [0.25, 0.3) is 0 Å². The number of benzene rings is 1. The fourth-order valence-electron chi connectivity index (χ4n) is 1.89. The number of amides is 1. The molecule has 0 fully saturated rings. The molecule has 1 aromatic carbocycles. The lowest BCUT2D eigenvalue weighted by molar-refractivity contribution is 0.0941. The van der Waals surface area contributed by atoms with Gasteiger partial charge in [-0.2, -0.15) is 0 Å². The Morgan fingerprint density at radius 1 is 1.35 bits per heavy atom. The maximum atomic E-state index is 12.0. The van der Waals surface area contributed by atoms with Gasteiger partial charge in [0.05, 0.1) is 0 Å². The highest BCUT2D eigenvalue weighted by atomic mass is 32.1. The number of nitrogens with one attached hydrogen (secondary N) is 1. The Balaban J connectivity index is 1.99. The summed E-state index contributed by atoms with van der Waals surface area (Å²) in [6, 6.07) is 10.1. The molecule has 1 aromatic heterocycles. The van der Waals surface area contributed by atoms with Crippen molar-refractivity contribution in [1.29, 1.82) is 0 Å². The van der Waals surface area contributed by atoms with Crippen LogP contribution in [0, 0.1) is 0 Å². The second-order valence-electron chi connectivity index (χ2n) is 5.26. The zero-order chi connectivity index (χ0) is 14.6. The molecule has 20 heavy (non-hydrogen) atoms. The number of carbonyl (C=O) groups is 1. The molecule has 4 nitrogen and oxygen atoms in total. The molecule has 0 saturated heterocycles. The van der Waals surface area contributed by atoms with Crippen molar-refractivity contribution in [1.82, 2.24) is 10.3 Å². The fraction of sp³-hybridized carbons (Fsp3) is 0.333. The first kappa shape index (κ1) is 14.7. The molecule has 0 saturated carbocycles.